The molecule has 1 heterocycles. The molecule has 1 saturated carbocycles. The van der Waals surface area contributed by atoms with E-state index < -0.39 is 5.54 Å². The maximum absolute atomic E-state index is 13.0. The molecule has 0 aromatic rings. The summed E-state index contributed by atoms with van der Waals surface area (Å²) in [5, 5.41) is 3.03. The maximum Gasteiger partial charge on any atom is 0.249 e. The number of rotatable bonds is 7. The van der Waals surface area contributed by atoms with Crippen LogP contribution in [0.15, 0.2) is 0 Å². The number of piperazine rings is 1. The third kappa shape index (κ3) is 3.09. The lowest BCUT2D eigenvalue weighted by atomic mass is 9.87. The van der Waals surface area contributed by atoms with E-state index >= 15 is 0 Å². The van der Waals surface area contributed by atoms with Gasteiger partial charge in [-0.2, -0.15) is 0 Å². The molecular weight excluding hydrogens is 264 g/mol. The summed E-state index contributed by atoms with van der Waals surface area (Å²) in [4.78, 5) is 27.4. The Labute approximate surface area is 128 Å². The number of amides is 2. The minimum atomic E-state index is -0.665. The fourth-order valence-corrected chi connectivity index (χ4v) is 3.58. The Morgan fingerprint density at radius 3 is 2.48 bits per heavy atom. The molecule has 0 bridgehead atoms. The number of nitrogens with zero attached hydrogens (tertiary/aromatic N) is 1. The lowest BCUT2D eigenvalue weighted by Crippen LogP contribution is -2.71. The molecule has 120 valence electrons. The van der Waals surface area contributed by atoms with E-state index in [9.17, 15) is 9.59 Å². The van der Waals surface area contributed by atoms with E-state index in [0.29, 0.717) is 12.3 Å². The van der Waals surface area contributed by atoms with Gasteiger partial charge in [-0.05, 0) is 45.4 Å². The summed E-state index contributed by atoms with van der Waals surface area (Å²) in [5.41, 5.74) is -0.665. The smallest absolute Gasteiger partial charge is 0.249 e. The average molecular weight is 294 g/mol. The molecule has 4 heteroatoms. The Hall–Kier alpha value is -1.06. The van der Waals surface area contributed by atoms with Crippen LogP contribution in [0.2, 0.25) is 0 Å². The molecule has 2 amide bonds. The Morgan fingerprint density at radius 1 is 1.29 bits per heavy atom. The molecule has 0 radical (unpaired) electrons. The summed E-state index contributed by atoms with van der Waals surface area (Å²) in [5.74, 6) is 0.506. The van der Waals surface area contributed by atoms with Gasteiger partial charge in [0.15, 0.2) is 0 Å². The van der Waals surface area contributed by atoms with Crippen LogP contribution >= 0.6 is 0 Å². The molecule has 1 aliphatic carbocycles. The van der Waals surface area contributed by atoms with Crippen molar-refractivity contribution in [3.05, 3.63) is 0 Å². The Morgan fingerprint density at radius 2 is 1.95 bits per heavy atom. The zero-order chi connectivity index (χ0) is 15.6. The van der Waals surface area contributed by atoms with Crippen molar-refractivity contribution in [2.75, 3.05) is 0 Å². The molecule has 21 heavy (non-hydrogen) atoms. The standard InChI is InChI=1S/C17H30N2O2/c1-5-7-8-9-12(3)19-14(6-2)15(20)18-17(4,16(19)21)13-10-11-13/h12-14H,5-11H2,1-4H3,(H,18,20). The van der Waals surface area contributed by atoms with Crippen LogP contribution in [-0.4, -0.2) is 34.3 Å². The third-order valence-electron chi connectivity index (χ3n) is 5.18. The second kappa shape index (κ2) is 6.37. The van der Waals surface area contributed by atoms with Crippen molar-refractivity contribution in [3.8, 4) is 0 Å². The van der Waals surface area contributed by atoms with E-state index in [0.717, 1.165) is 25.7 Å². The fourth-order valence-electron chi connectivity index (χ4n) is 3.58. The molecule has 2 fully saturated rings. The van der Waals surface area contributed by atoms with Gasteiger partial charge in [0, 0.05) is 6.04 Å². The highest BCUT2D eigenvalue weighted by molar-refractivity contribution is 6.00. The van der Waals surface area contributed by atoms with E-state index in [1.807, 2.05) is 18.7 Å². The first-order valence-electron chi connectivity index (χ1n) is 8.60. The highest BCUT2D eigenvalue weighted by atomic mass is 16.2. The van der Waals surface area contributed by atoms with Crippen molar-refractivity contribution in [1.82, 2.24) is 10.2 Å². The quantitative estimate of drug-likeness (QED) is 0.734. The topological polar surface area (TPSA) is 49.4 Å². The average Bonchev–Trinajstić information content (AvgIpc) is 3.27. The molecule has 3 unspecified atom stereocenters. The third-order valence-corrected chi connectivity index (χ3v) is 5.18. The van der Waals surface area contributed by atoms with Crippen molar-refractivity contribution >= 4 is 11.8 Å². The first-order valence-corrected chi connectivity index (χ1v) is 8.60. The van der Waals surface area contributed by atoms with E-state index in [4.69, 9.17) is 0 Å². The summed E-state index contributed by atoms with van der Waals surface area (Å²) < 4.78 is 0. The summed E-state index contributed by atoms with van der Waals surface area (Å²) >= 11 is 0. The Bertz CT molecular complexity index is 406. The predicted octanol–water partition coefficient (Wildman–Crippen LogP) is 2.86. The highest BCUT2D eigenvalue weighted by Gasteiger charge is 2.55. The summed E-state index contributed by atoms with van der Waals surface area (Å²) in [6, 6.07) is -0.140. The van der Waals surface area contributed by atoms with Gasteiger partial charge in [0.05, 0.1) is 0 Å². The van der Waals surface area contributed by atoms with Crippen LogP contribution in [0.25, 0.3) is 0 Å². The SMILES string of the molecule is CCCCCC(C)N1C(=O)C(C)(C2CC2)NC(=O)C1CC. The van der Waals surface area contributed by atoms with Gasteiger partial charge in [-0.3, -0.25) is 9.59 Å². The first-order chi connectivity index (χ1) is 9.95. The number of hydrogen-bond donors (Lipinski definition) is 1. The highest BCUT2D eigenvalue weighted by Crippen LogP contribution is 2.43. The lowest BCUT2D eigenvalue weighted by Gasteiger charge is -2.47. The van der Waals surface area contributed by atoms with Gasteiger partial charge in [-0.1, -0.05) is 33.1 Å². The molecule has 0 spiro atoms. The summed E-state index contributed by atoms with van der Waals surface area (Å²) in [6.07, 6.45) is 7.28. The zero-order valence-corrected chi connectivity index (χ0v) is 13.9. The fraction of sp³-hybridized carbons (Fsp3) is 0.882. The van der Waals surface area contributed by atoms with E-state index in [-0.39, 0.29) is 23.9 Å². The van der Waals surface area contributed by atoms with Crippen molar-refractivity contribution in [3.63, 3.8) is 0 Å². The van der Waals surface area contributed by atoms with Gasteiger partial charge in [0.1, 0.15) is 11.6 Å². The first kappa shape index (κ1) is 16.3. The number of nitrogens with one attached hydrogen (secondary N) is 1. The van der Waals surface area contributed by atoms with E-state index in [1.54, 1.807) is 0 Å². The van der Waals surface area contributed by atoms with Gasteiger partial charge in [-0.15, -0.1) is 0 Å². The molecule has 1 N–H and O–H groups in total. The minimum absolute atomic E-state index is 0.0360. The molecule has 1 aliphatic heterocycles. The summed E-state index contributed by atoms with van der Waals surface area (Å²) in [6.45, 7) is 8.19. The second-order valence-electron chi connectivity index (χ2n) is 6.95. The Balaban J connectivity index is 2.16. The molecule has 0 aromatic carbocycles. The zero-order valence-electron chi connectivity index (χ0n) is 13.9. The van der Waals surface area contributed by atoms with Gasteiger partial charge in [-0.25, -0.2) is 0 Å². The number of carbonyl (C=O) groups excluding carboxylic acids is 2. The van der Waals surface area contributed by atoms with Gasteiger partial charge in [0.25, 0.3) is 0 Å². The van der Waals surface area contributed by atoms with Gasteiger partial charge < -0.3 is 10.2 Å². The second-order valence-corrected chi connectivity index (χ2v) is 6.95. The van der Waals surface area contributed by atoms with E-state index in [2.05, 4.69) is 19.2 Å². The maximum atomic E-state index is 13.0. The van der Waals surface area contributed by atoms with Gasteiger partial charge in [0.2, 0.25) is 11.8 Å². The molecule has 3 atom stereocenters. The van der Waals surface area contributed by atoms with Crippen molar-refractivity contribution in [2.45, 2.75) is 90.3 Å². The Kier molecular flexibility index (Phi) is 4.95. The minimum Gasteiger partial charge on any atom is -0.340 e. The van der Waals surface area contributed by atoms with Crippen molar-refractivity contribution in [2.24, 2.45) is 5.92 Å². The van der Waals surface area contributed by atoms with Crippen LogP contribution < -0.4 is 5.32 Å². The number of unbranched alkanes of at least 4 members (excludes halogenated alkanes) is 2. The molecular formula is C17H30N2O2. The molecule has 1 saturated heterocycles. The van der Waals surface area contributed by atoms with Crippen LogP contribution in [0.5, 0.6) is 0 Å². The van der Waals surface area contributed by atoms with Crippen molar-refractivity contribution < 1.29 is 9.59 Å². The molecule has 4 nitrogen and oxygen atoms in total. The molecule has 0 aromatic heterocycles. The predicted molar refractivity (Wildman–Crippen MR) is 83.8 cm³/mol. The number of hydrogen-bond acceptors (Lipinski definition) is 2. The van der Waals surface area contributed by atoms with Crippen LogP contribution in [0, 0.1) is 5.92 Å². The normalized spacial score (nSPS) is 31.2. The largest absolute Gasteiger partial charge is 0.340 e. The lowest BCUT2D eigenvalue weighted by molar-refractivity contribution is -0.158. The van der Waals surface area contributed by atoms with Crippen LogP contribution in [0.3, 0.4) is 0 Å². The van der Waals surface area contributed by atoms with Gasteiger partial charge >= 0.3 is 0 Å². The summed E-state index contributed by atoms with van der Waals surface area (Å²) in [7, 11) is 0. The molecule has 2 rings (SSSR count). The number of carbonyl (C=O) groups is 2. The van der Waals surface area contributed by atoms with Crippen molar-refractivity contribution in [1.29, 1.82) is 0 Å². The monoisotopic (exact) mass is 294 g/mol. The molecule has 2 aliphatic rings. The van der Waals surface area contributed by atoms with Crippen LogP contribution in [0.4, 0.5) is 0 Å². The van der Waals surface area contributed by atoms with E-state index in [1.165, 1.54) is 12.8 Å². The van der Waals surface area contributed by atoms with Crippen LogP contribution in [-0.2, 0) is 9.59 Å². The van der Waals surface area contributed by atoms with Crippen LogP contribution in [0.1, 0.15) is 72.6 Å².